The van der Waals surface area contributed by atoms with E-state index in [2.05, 4.69) is 21.8 Å². The average Bonchev–Trinajstić information content (AvgIpc) is 2.77. The Hall–Kier alpha value is -1.48. The molecule has 0 saturated carbocycles. The molecule has 3 nitrogen and oxygen atoms in total. The zero-order chi connectivity index (χ0) is 12.1. The molecule has 2 rings (SSSR count). The Morgan fingerprint density at radius 3 is 3.06 bits per heavy atom. The van der Waals surface area contributed by atoms with Gasteiger partial charge in [0.25, 0.3) is 0 Å². The van der Waals surface area contributed by atoms with E-state index in [9.17, 15) is 0 Å². The molecular formula is C13H16ClN3. The number of benzene rings is 1. The van der Waals surface area contributed by atoms with Gasteiger partial charge in [-0.3, -0.25) is 0 Å². The lowest BCUT2D eigenvalue weighted by Gasteiger charge is -2.09. The first-order valence-electron chi connectivity index (χ1n) is 5.79. The van der Waals surface area contributed by atoms with Gasteiger partial charge in [0.15, 0.2) is 0 Å². The molecule has 0 atom stereocenters. The van der Waals surface area contributed by atoms with Gasteiger partial charge in [0, 0.05) is 42.6 Å². The lowest BCUT2D eigenvalue weighted by molar-refractivity contribution is 0.681. The molecule has 0 bridgehead atoms. The van der Waals surface area contributed by atoms with Crippen LogP contribution in [0.25, 0.3) is 0 Å². The van der Waals surface area contributed by atoms with E-state index in [1.54, 1.807) is 0 Å². The molecule has 1 N–H and O–H groups in total. The van der Waals surface area contributed by atoms with E-state index < -0.39 is 0 Å². The van der Waals surface area contributed by atoms with E-state index in [0.29, 0.717) is 0 Å². The summed E-state index contributed by atoms with van der Waals surface area (Å²) in [5.41, 5.74) is 1.05. The molecule has 0 saturated heterocycles. The molecule has 0 fully saturated rings. The topological polar surface area (TPSA) is 29.9 Å². The lowest BCUT2D eigenvalue weighted by atomic mass is 10.3. The van der Waals surface area contributed by atoms with E-state index in [0.717, 1.165) is 36.0 Å². The van der Waals surface area contributed by atoms with Crippen LogP contribution in [0.4, 0.5) is 5.69 Å². The Kier molecular flexibility index (Phi) is 4.04. The summed E-state index contributed by atoms with van der Waals surface area (Å²) < 4.78 is 2.16. The third-order valence-electron chi connectivity index (χ3n) is 2.62. The fourth-order valence-corrected chi connectivity index (χ4v) is 1.97. The molecule has 17 heavy (non-hydrogen) atoms. The maximum absolute atomic E-state index is 5.92. The van der Waals surface area contributed by atoms with Crippen molar-refractivity contribution < 1.29 is 0 Å². The minimum Gasteiger partial charge on any atom is -0.383 e. The Morgan fingerprint density at radius 1 is 1.41 bits per heavy atom. The number of rotatable bonds is 5. The van der Waals surface area contributed by atoms with Crippen LogP contribution in [0.5, 0.6) is 0 Å². The molecule has 0 amide bonds. The first kappa shape index (κ1) is 12.0. The summed E-state index contributed by atoms with van der Waals surface area (Å²) in [4.78, 5) is 4.29. The summed E-state index contributed by atoms with van der Waals surface area (Å²) >= 11 is 5.92. The number of hydrogen-bond donors (Lipinski definition) is 1. The minimum atomic E-state index is 0.756. The highest BCUT2D eigenvalue weighted by molar-refractivity contribution is 6.30. The number of aryl methyl sites for hydroxylation is 1. The second-order valence-corrected chi connectivity index (χ2v) is 4.26. The monoisotopic (exact) mass is 249 g/mol. The fraction of sp³-hybridized carbons (Fsp3) is 0.308. The van der Waals surface area contributed by atoms with Crippen LogP contribution in [0.1, 0.15) is 12.7 Å². The predicted molar refractivity (Wildman–Crippen MR) is 71.5 cm³/mol. The quantitative estimate of drug-likeness (QED) is 0.882. The normalized spacial score (nSPS) is 10.5. The maximum Gasteiger partial charge on any atom is 0.108 e. The van der Waals surface area contributed by atoms with E-state index in [-0.39, 0.29) is 0 Å². The number of anilines is 1. The molecule has 0 spiro atoms. The second kappa shape index (κ2) is 5.73. The largest absolute Gasteiger partial charge is 0.383 e. The van der Waals surface area contributed by atoms with Crippen molar-refractivity contribution in [1.29, 1.82) is 0 Å². The van der Waals surface area contributed by atoms with Gasteiger partial charge in [-0.2, -0.15) is 0 Å². The van der Waals surface area contributed by atoms with Crippen molar-refractivity contribution in [3.05, 3.63) is 47.5 Å². The summed E-state index contributed by atoms with van der Waals surface area (Å²) in [6, 6.07) is 7.76. The van der Waals surface area contributed by atoms with Crippen LogP contribution in [-0.4, -0.2) is 16.1 Å². The molecule has 0 aliphatic rings. The molecule has 2 aromatic rings. The van der Waals surface area contributed by atoms with Crippen LogP contribution in [0, 0.1) is 0 Å². The SMILES string of the molecule is CCc1nccn1CCNc1cccc(Cl)c1. The van der Waals surface area contributed by atoms with Gasteiger partial charge in [0.1, 0.15) is 5.82 Å². The highest BCUT2D eigenvalue weighted by Crippen LogP contribution is 2.14. The smallest absolute Gasteiger partial charge is 0.108 e. The summed E-state index contributed by atoms with van der Waals surface area (Å²) in [5.74, 6) is 1.12. The molecule has 1 aromatic heterocycles. The molecule has 0 aliphatic carbocycles. The summed E-state index contributed by atoms with van der Waals surface area (Å²) in [5, 5.41) is 4.10. The molecule has 0 radical (unpaired) electrons. The van der Waals surface area contributed by atoms with Crippen molar-refractivity contribution in [3.63, 3.8) is 0 Å². The summed E-state index contributed by atoms with van der Waals surface area (Å²) in [6.07, 6.45) is 4.82. The average molecular weight is 250 g/mol. The lowest BCUT2D eigenvalue weighted by Crippen LogP contribution is -2.12. The van der Waals surface area contributed by atoms with Crippen molar-refractivity contribution in [1.82, 2.24) is 9.55 Å². The maximum atomic E-state index is 5.92. The molecular weight excluding hydrogens is 234 g/mol. The van der Waals surface area contributed by atoms with Gasteiger partial charge in [-0.15, -0.1) is 0 Å². The first-order chi connectivity index (χ1) is 8.29. The Balaban J connectivity index is 1.87. The number of aromatic nitrogens is 2. The van der Waals surface area contributed by atoms with Crippen molar-refractivity contribution >= 4 is 17.3 Å². The van der Waals surface area contributed by atoms with E-state index >= 15 is 0 Å². The van der Waals surface area contributed by atoms with Crippen LogP contribution < -0.4 is 5.32 Å². The van der Waals surface area contributed by atoms with E-state index in [1.165, 1.54) is 0 Å². The van der Waals surface area contributed by atoms with Crippen molar-refractivity contribution in [2.45, 2.75) is 19.9 Å². The zero-order valence-corrected chi connectivity index (χ0v) is 10.6. The highest BCUT2D eigenvalue weighted by Gasteiger charge is 1.99. The van der Waals surface area contributed by atoms with Crippen molar-refractivity contribution in [3.8, 4) is 0 Å². The van der Waals surface area contributed by atoms with Crippen LogP contribution in [0.2, 0.25) is 5.02 Å². The number of hydrogen-bond acceptors (Lipinski definition) is 2. The number of nitrogens with one attached hydrogen (secondary N) is 1. The van der Waals surface area contributed by atoms with E-state index in [4.69, 9.17) is 11.6 Å². The molecule has 90 valence electrons. The molecule has 0 aliphatic heterocycles. The second-order valence-electron chi connectivity index (χ2n) is 3.83. The Morgan fingerprint density at radius 2 is 2.29 bits per heavy atom. The van der Waals surface area contributed by atoms with Gasteiger partial charge in [-0.1, -0.05) is 24.6 Å². The molecule has 1 aromatic carbocycles. The van der Waals surface area contributed by atoms with Crippen LogP contribution in [0.15, 0.2) is 36.7 Å². The van der Waals surface area contributed by atoms with Crippen molar-refractivity contribution in [2.24, 2.45) is 0 Å². The number of imidazole rings is 1. The van der Waals surface area contributed by atoms with Gasteiger partial charge in [-0.05, 0) is 18.2 Å². The van der Waals surface area contributed by atoms with Crippen LogP contribution >= 0.6 is 11.6 Å². The van der Waals surface area contributed by atoms with Gasteiger partial charge >= 0.3 is 0 Å². The molecule has 0 unspecified atom stereocenters. The molecule has 1 heterocycles. The van der Waals surface area contributed by atoms with Gasteiger partial charge in [0.05, 0.1) is 0 Å². The minimum absolute atomic E-state index is 0.756. The Bertz CT molecular complexity index is 479. The standard InChI is InChI=1S/C13H16ClN3/c1-2-13-16-7-9-17(13)8-6-15-12-5-3-4-11(14)10-12/h3-5,7,9-10,15H,2,6,8H2,1H3. The van der Waals surface area contributed by atoms with Gasteiger partial charge in [-0.25, -0.2) is 4.98 Å². The third kappa shape index (κ3) is 3.24. The van der Waals surface area contributed by atoms with Crippen molar-refractivity contribution in [2.75, 3.05) is 11.9 Å². The third-order valence-corrected chi connectivity index (χ3v) is 2.86. The zero-order valence-electron chi connectivity index (χ0n) is 9.86. The summed E-state index contributed by atoms with van der Waals surface area (Å²) in [6.45, 7) is 3.89. The van der Waals surface area contributed by atoms with Crippen LogP contribution in [-0.2, 0) is 13.0 Å². The molecule has 4 heteroatoms. The summed E-state index contributed by atoms with van der Waals surface area (Å²) in [7, 11) is 0. The number of halogens is 1. The highest BCUT2D eigenvalue weighted by atomic mass is 35.5. The fourth-order valence-electron chi connectivity index (χ4n) is 1.78. The van der Waals surface area contributed by atoms with Gasteiger partial charge < -0.3 is 9.88 Å². The number of nitrogens with zero attached hydrogens (tertiary/aromatic N) is 2. The van der Waals surface area contributed by atoms with E-state index in [1.807, 2.05) is 36.7 Å². The first-order valence-corrected chi connectivity index (χ1v) is 6.17. The Labute approximate surface area is 106 Å². The van der Waals surface area contributed by atoms with Gasteiger partial charge in [0.2, 0.25) is 0 Å². The predicted octanol–water partition coefficient (Wildman–Crippen LogP) is 3.21. The van der Waals surface area contributed by atoms with Crippen LogP contribution in [0.3, 0.4) is 0 Å².